The Morgan fingerprint density at radius 1 is 1.17 bits per heavy atom. The predicted octanol–water partition coefficient (Wildman–Crippen LogP) is 5.32. The van der Waals surface area contributed by atoms with Crippen molar-refractivity contribution in [3.8, 4) is 17.0 Å². The molecule has 0 saturated carbocycles. The van der Waals surface area contributed by atoms with Gasteiger partial charge in [0.05, 0.1) is 16.4 Å². The average Bonchev–Trinajstić information content (AvgIpc) is 3.53. The van der Waals surface area contributed by atoms with E-state index in [0.717, 1.165) is 28.0 Å². The van der Waals surface area contributed by atoms with Crippen LogP contribution in [0.2, 0.25) is 0 Å². The SMILES string of the molecule is Cn1ncc(Br)c1-c1cc(NC(=O)NCc2ccccc2F)ccc1OCCN1C2CCC1CC2. The number of nitrogens with one attached hydrogen (secondary N) is 2. The van der Waals surface area contributed by atoms with Crippen LogP contribution in [-0.4, -0.2) is 45.9 Å². The minimum Gasteiger partial charge on any atom is -0.492 e. The Morgan fingerprint density at radius 3 is 2.60 bits per heavy atom. The minimum atomic E-state index is -0.415. The van der Waals surface area contributed by atoms with E-state index in [9.17, 15) is 9.18 Å². The highest BCUT2D eigenvalue weighted by molar-refractivity contribution is 9.10. The van der Waals surface area contributed by atoms with Crippen LogP contribution in [0.5, 0.6) is 5.75 Å². The van der Waals surface area contributed by atoms with Crippen molar-refractivity contribution in [3.63, 3.8) is 0 Å². The lowest BCUT2D eigenvalue weighted by atomic mass is 10.0. The molecule has 2 N–H and O–H groups in total. The Balaban J connectivity index is 1.29. The molecule has 184 valence electrons. The summed E-state index contributed by atoms with van der Waals surface area (Å²) in [6.45, 7) is 1.61. The van der Waals surface area contributed by atoms with E-state index in [-0.39, 0.29) is 12.4 Å². The number of hydrogen-bond acceptors (Lipinski definition) is 4. The molecule has 3 heterocycles. The lowest BCUT2D eigenvalue weighted by Gasteiger charge is -2.22. The minimum absolute atomic E-state index is 0.0956. The molecule has 35 heavy (non-hydrogen) atoms. The summed E-state index contributed by atoms with van der Waals surface area (Å²) in [4.78, 5) is 15.1. The zero-order chi connectivity index (χ0) is 24.4. The second-order valence-corrected chi connectivity index (χ2v) is 9.98. The van der Waals surface area contributed by atoms with Gasteiger partial charge in [-0.15, -0.1) is 0 Å². The van der Waals surface area contributed by atoms with Crippen molar-refractivity contribution in [1.82, 2.24) is 20.0 Å². The number of amides is 2. The summed E-state index contributed by atoms with van der Waals surface area (Å²) in [5, 5.41) is 9.88. The molecule has 0 aliphatic carbocycles. The van der Waals surface area contributed by atoms with Gasteiger partial charge < -0.3 is 15.4 Å². The van der Waals surface area contributed by atoms with Gasteiger partial charge in [-0.3, -0.25) is 9.58 Å². The summed E-state index contributed by atoms with van der Waals surface area (Å²) in [5.41, 5.74) is 2.71. The Hall–Kier alpha value is -2.91. The molecule has 2 fully saturated rings. The van der Waals surface area contributed by atoms with E-state index in [1.807, 2.05) is 25.2 Å². The molecule has 0 spiro atoms. The standard InChI is InChI=1S/C26H29BrFN5O2/c1-32-25(22(27)16-30-32)21-14-18(31-26(34)29-15-17-4-2-3-5-23(17)28)6-11-24(21)35-13-12-33-19-7-8-20(33)10-9-19/h2-6,11,14,16,19-20H,7-10,12-13,15H2,1H3,(H2,29,31,34). The van der Waals surface area contributed by atoms with Gasteiger partial charge in [0, 0.05) is 49.0 Å². The van der Waals surface area contributed by atoms with Crippen molar-refractivity contribution in [2.45, 2.75) is 44.3 Å². The van der Waals surface area contributed by atoms with Gasteiger partial charge in [0.15, 0.2) is 0 Å². The summed E-state index contributed by atoms with van der Waals surface area (Å²) < 4.78 is 22.7. The number of carbonyl (C=O) groups excluding carboxylic acids is 1. The molecule has 5 rings (SSSR count). The van der Waals surface area contributed by atoms with E-state index in [1.165, 1.54) is 31.7 Å². The van der Waals surface area contributed by atoms with E-state index in [0.29, 0.717) is 29.9 Å². The van der Waals surface area contributed by atoms with Crippen LogP contribution in [0.25, 0.3) is 11.3 Å². The average molecular weight is 542 g/mol. The second kappa shape index (κ2) is 10.4. The second-order valence-electron chi connectivity index (χ2n) is 9.12. The molecule has 0 radical (unpaired) electrons. The number of rotatable bonds is 8. The zero-order valence-corrected chi connectivity index (χ0v) is 21.2. The van der Waals surface area contributed by atoms with Gasteiger partial charge in [0.1, 0.15) is 18.2 Å². The first-order valence-electron chi connectivity index (χ1n) is 12.0. The van der Waals surface area contributed by atoms with Gasteiger partial charge in [-0.1, -0.05) is 18.2 Å². The summed E-state index contributed by atoms with van der Waals surface area (Å²) in [5.74, 6) is 0.387. The van der Waals surface area contributed by atoms with E-state index in [4.69, 9.17) is 4.74 Å². The number of nitrogens with zero attached hydrogens (tertiary/aromatic N) is 3. The first-order valence-corrected chi connectivity index (χ1v) is 12.8. The fraction of sp³-hybridized carbons (Fsp3) is 0.385. The third-order valence-corrected chi connectivity index (χ3v) is 7.58. The van der Waals surface area contributed by atoms with Gasteiger partial charge in [-0.25, -0.2) is 9.18 Å². The molecular formula is C26H29BrFN5O2. The number of aromatic nitrogens is 2. The quantitative estimate of drug-likeness (QED) is 0.405. The first-order chi connectivity index (χ1) is 17.0. The van der Waals surface area contributed by atoms with Crippen molar-refractivity contribution in [1.29, 1.82) is 0 Å². The maximum Gasteiger partial charge on any atom is 0.319 e. The summed E-state index contributed by atoms with van der Waals surface area (Å²) in [6.07, 6.45) is 6.95. The molecular weight excluding hydrogens is 513 g/mol. The molecule has 1 aromatic heterocycles. The number of fused-ring (bicyclic) bond motifs is 2. The molecule has 2 amide bonds. The lowest BCUT2D eigenvalue weighted by Crippen LogP contribution is -2.32. The number of anilines is 1. The number of urea groups is 1. The highest BCUT2D eigenvalue weighted by atomic mass is 79.9. The highest BCUT2D eigenvalue weighted by Crippen LogP contribution is 2.38. The first kappa shape index (κ1) is 23.8. The fourth-order valence-electron chi connectivity index (χ4n) is 5.27. The number of hydrogen-bond donors (Lipinski definition) is 2. The topological polar surface area (TPSA) is 71.4 Å². The number of carbonyl (C=O) groups is 1. The van der Waals surface area contributed by atoms with Gasteiger partial charge in [-0.2, -0.15) is 5.10 Å². The van der Waals surface area contributed by atoms with Crippen molar-refractivity contribution in [2.75, 3.05) is 18.5 Å². The van der Waals surface area contributed by atoms with Crippen LogP contribution in [0.15, 0.2) is 53.1 Å². The van der Waals surface area contributed by atoms with Gasteiger partial charge in [-0.05, 0) is 65.9 Å². The van der Waals surface area contributed by atoms with Crippen LogP contribution in [0.3, 0.4) is 0 Å². The van der Waals surface area contributed by atoms with Crippen LogP contribution in [0.4, 0.5) is 14.9 Å². The predicted molar refractivity (Wildman–Crippen MR) is 137 cm³/mol. The lowest BCUT2D eigenvalue weighted by molar-refractivity contribution is 0.194. The maximum atomic E-state index is 13.8. The van der Waals surface area contributed by atoms with E-state index < -0.39 is 6.03 Å². The van der Waals surface area contributed by atoms with Crippen LogP contribution in [-0.2, 0) is 13.6 Å². The van der Waals surface area contributed by atoms with Crippen LogP contribution in [0.1, 0.15) is 31.2 Å². The van der Waals surface area contributed by atoms with E-state index in [2.05, 4.69) is 36.6 Å². The molecule has 3 aromatic rings. The zero-order valence-electron chi connectivity index (χ0n) is 19.6. The third kappa shape index (κ3) is 5.21. The summed E-state index contributed by atoms with van der Waals surface area (Å²) >= 11 is 3.58. The molecule has 2 aromatic carbocycles. The van der Waals surface area contributed by atoms with E-state index in [1.54, 1.807) is 29.1 Å². The summed E-state index contributed by atoms with van der Waals surface area (Å²) in [6, 6.07) is 13.0. The van der Waals surface area contributed by atoms with Crippen LogP contribution >= 0.6 is 15.9 Å². The van der Waals surface area contributed by atoms with Crippen molar-refractivity contribution < 1.29 is 13.9 Å². The van der Waals surface area contributed by atoms with Crippen molar-refractivity contribution in [2.24, 2.45) is 7.05 Å². The molecule has 2 aliphatic heterocycles. The largest absolute Gasteiger partial charge is 0.492 e. The molecule has 0 atom stereocenters. The number of ether oxygens (including phenoxy) is 1. The van der Waals surface area contributed by atoms with Gasteiger partial charge >= 0.3 is 6.03 Å². The Morgan fingerprint density at radius 2 is 1.91 bits per heavy atom. The Bertz CT molecular complexity index is 1180. The molecule has 2 aliphatic rings. The number of benzene rings is 2. The number of halogens is 2. The molecule has 9 heteroatoms. The highest BCUT2D eigenvalue weighted by Gasteiger charge is 2.38. The van der Waals surface area contributed by atoms with Crippen LogP contribution < -0.4 is 15.4 Å². The summed E-state index contributed by atoms with van der Waals surface area (Å²) in [7, 11) is 1.87. The number of aryl methyl sites for hydroxylation is 1. The van der Waals surface area contributed by atoms with Crippen molar-refractivity contribution in [3.05, 3.63) is 64.5 Å². The molecule has 7 nitrogen and oxygen atoms in total. The molecule has 0 unspecified atom stereocenters. The maximum absolute atomic E-state index is 13.8. The van der Waals surface area contributed by atoms with E-state index >= 15 is 0 Å². The normalized spacial score (nSPS) is 19.2. The smallest absolute Gasteiger partial charge is 0.319 e. The monoisotopic (exact) mass is 541 g/mol. The Kier molecular flexibility index (Phi) is 7.06. The molecule has 2 saturated heterocycles. The van der Waals surface area contributed by atoms with Gasteiger partial charge in [0.2, 0.25) is 0 Å². The third-order valence-electron chi connectivity index (χ3n) is 7.00. The molecule has 2 bridgehead atoms. The fourth-order valence-corrected chi connectivity index (χ4v) is 5.83. The van der Waals surface area contributed by atoms with Crippen molar-refractivity contribution >= 4 is 27.6 Å². The van der Waals surface area contributed by atoms with Gasteiger partial charge in [0.25, 0.3) is 0 Å². The Labute approximate surface area is 212 Å². The van der Waals surface area contributed by atoms with Crippen LogP contribution in [0, 0.1) is 5.82 Å².